The second-order valence-electron chi connectivity index (χ2n) is 6.35. The van der Waals surface area contributed by atoms with Crippen LogP contribution in [0.4, 0.5) is 18.9 Å². The summed E-state index contributed by atoms with van der Waals surface area (Å²) in [5.41, 5.74) is 2.20. The first kappa shape index (κ1) is 20.6. The molecule has 0 atom stereocenters. The summed E-state index contributed by atoms with van der Waals surface area (Å²) in [6.45, 7) is -1.69. The lowest BCUT2D eigenvalue weighted by molar-refractivity contribution is -0.121. The number of sulfonamides is 2. The molecule has 11 heteroatoms. The number of rotatable bonds is 6. The lowest BCUT2D eigenvalue weighted by Crippen LogP contribution is -2.33. The smallest absolute Gasteiger partial charge is 0.280 e. The van der Waals surface area contributed by atoms with Crippen molar-refractivity contribution in [3.05, 3.63) is 53.6 Å². The first-order valence-electron chi connectivity index (χ1n) is 8.27. The van der Waals surface area contributed by atoms with Crippen LogP contribution in [0.2, 0.25) is 0 Å². The minimum atomic E-state index is -4.68. The molecule has 0 amide bonds. The zero-order chi connectivity index (χ0) is 20.6. The van der Waals surface area contributed by atoms with Crippen molar-refractivity contribution in [2.24, 2.45) is 0 Å². The van der Waals surface area contributed by atoms with Crippen molar-refractivity contribution in [2.75, 3.05) is 11.3 Å². The molecule has 152 valence electrons. The maximum atomic E-state index is 12.5. The van der Waals surface area contributed by atoms with Gasteiger partial charge in [-0.05, 0) is 66.8 Å². The van der Waals surface area contributed by atoms with E-state index < -0.39 is 37.7 Å². The summed E-state index contributed by atoms with van der Waals surface area (Å²) < 4.78 is 89.1. The molecule has 0 saturated heterocycles. The number of hydrogen-bond acceptors (Lipinski definition) is 4. The van der Waals surface area contributed by atoms with Crippen LogP contribution in [0.1, 0.15) is 17.5 Å². The number of hydrogen-bond donors (Lipinski definition) is 2. The van der Waals surface area contributed by atoms with Crippen molar-refractivity contribution in [3.8, 4) is 0 Å². The van der Waals surface area contributed by atoms with Gasteiger partial charge in [0.25, 0.3) is 10.0 Å². The third-order valence-electron chi connectivity index (χ3n) is 4.26. The van der Waals surface area contributed by atoms with Crippen LogP contribution in [0.15, 0.2) is 52.3 Å². The summed E-state index contributed by atoms with van der Waals surface area (Å²) in [4.78, 5) is -0.311. The number of halogens is 3. The zero-order valence-electron chi connectivity index (χ0n) is 14.5. The quantitative estimate of drug-likeness (QED) is 0.731. The van der Waals surface area contributed by atoms with Crippen LogP contribution in [0.3, 0.4) is 0 Å². The second kappa shape index (κ2) is 7.37. The average molecular weight is 434 g/mol. The van der Waals surface area contributed by atoms with Crippen LogP contribution in [0.5, 0.6) is 0 Å². The average Bonchev–Trinajstić information content (AvgIpc) is 3.07. The van der Waals surface area contributed by atoms with Gasteiger partial charge >= 0.3 is 6.18 Å². The molecule has 2 aromatic rings. The van der Waals surface area contributed by atoms with Gasteiger partial charge in [0, 0.05) is 5.69 Å². The van der Waals surface area contributed by atoms with Crippen molar-refractivity contribution >= 4 is 25.7 Å². The van der Waals surface area contributed by atoms with Gasteiger partial charge in [-0.25, -0.2) is 21.6 Å². The van der Waals surface area contributed by atoms with Gasteiger partial charge in [0.15, 0.2) is 0 Å². The number of aryl methyl sites for hydroxylation is 2. The molecule has 0 fully saturated rings. The van der Waals surface area contributed by atoms with E-state index in [1.165, 1.54) is 22.9 Å². The van der Waals surface area contributed by atoms with Crippen LogP contribution in [-0.4, -0.2) is 29.6 Å². The number of alkyl halides is 3. The summed E-state index contributed by atoms with van der Waals surface area (Å²) in [6.07, 6.45) is -1.97. The third-order valence-corrected chi connectivity index (χ3v) is 7.06. The lowest BCUT2D eigenvalue weighted by atomic mass is 10.1. The molecular weight excluding hydrogens is 417 g/mol. The Morgan fingerprint density at radius 2 is 1.43 bits per heavy atom. The molecule has 0 aliphatic heterocycles. The van der Waals surface area contributed by atoms with E-state index in [1.54, 1.807) is 12.1 Å². The molecule has 2 N–H and O–H groups in total. The molecule has 28 heavy (non-hydrogen) atoms. The highest BCUT2D eigenvalue weighted by Gasteiger charge is 2.30. The molecule has 0 spiro atoms. The van der Waals surface area contributed by atoms with Crippen molar-refractivity contribution in [3.63, 3.8) is 0 Å². The Morgan fingerprint density at radius 3 is 2.07 bits per heavy atom. The number of benzene rings is 2. The highest BCUT2D eigenvalue weighted by atomic mass is 32.2. The van der Waals surface area contributed by atoms with Gasteiger partial charge < -0.3 is 0 Å². The minimum Gasteiger partial charge on any atom is -0.280 e. The van der Waals surface area contributed by atoms with Crippen LogP contribution >= 0.6 is 0 Å². The van der Waals surface area contributed by atoms with Crippen molar-refractivity contribution < 1.29 is 30.0 Å². The Bertz CT molecular complexity index is 1080. The Hall–Kier alpha value is -2.11. The highest BCUT2D eigenvalue weighted by Crippen LogP contribution is 2.26. The van der Waals surface area contributed by atoms with E-state index in [2.05, 4.69) is 4.72 Å². The SMILES string of the molecule is O=S(=O)(NCC(F)(F)F)c1ccc(NS(=O)(=O)c2ccc3c(c2)CCC3)cc1. The predicted octanol–water partition coefficient (Wildman–Crippen LogP) is 2.82. The lowest BCUT2D eigenvalue weighted by Gasteiger charge is -2.11. The first-order chi connectivity index (χ1) is 13.0. The second-order valence-corrected chi connectivity index (χ2v) is 9.80. The van der Waals surface area contributed by atoms with Crippen LogP contribution < -0.4 is 9.44 Å². The van der Waals surface area contributed by atoms with Gasteiger partial charge in [0.1, 0.15) is 6.54 Å². The van der Waals surface area contributed by atoms with Gasteiger partial charge in [0.05, 0.1) is 9.79 Å². The van der Waals surface area contributed by atoms with Gasteiger partial charge in [-0.3, -0.25) is 4.72 Å². The number of fused-ring (bicyclic) bond motifs is 1. The van der Waals surface area contributed by atoms with Crippen LogP contribution in [0.25, 0.3) is 0 Å². The first-order valence-corrected chi connectivity index (χ1v) is 11.2. The fraction of sp³-hybridized carbons (Fsp3) is 0.294. The Kier molecular flexibility index (Phi) is 5.43. The maximum absolute atomic E-state index is 12.5. The molecule has 0 radical (unpaired) electrons. The molecule has 1 aliphatic rings. The normalized spacial score (nSPS) is 14.7. The van der Waals surface area contributed by atoms with Gasteiger partial charge in [-0.15, -0.1) is 0 Å². The summed E-state index contributed by atoms with van der Waals surface area (Å²) in [6, 6.07) is 9.30. The van der Waals surface area contributed by atoms with Gasteiger partial charge in [0.2, 0.25) is 10.0 Å². The number of nitrogens with one attached hydrogen (secondary N) is 2. The Balaban J connectivity index is 1.75. The van der Waals surface area contributed by atoms with E-state index in [0.29, 0.717) is 0 Å². The maximum Gasteiger partial charge on any atom is 0.402 e. The van der Waals surface area contributed by atoms with Gasteiger partial charge in [-0.1, -0.05) is 6.07 Å². The largest absolute Gasteiger partial charge is 0.402 e. The van der Waals surface area contributed by atoms with Crippen molar-refractivity contribution in [2.45, 2.75) is 35.2 Å². The van der Waals surface area contributed by atoms with E-state index in [9.17, 15) is 30.0 Å². The van der Waals surface area contributed by atoms with Crippen molar-refractivity contribution in [1.82, 2.24) is 4.72 Å². The van der Waals surface area contributed by atoms with Crippen LogP contribution in [-0.2, 0) is 32.9 Å². The van der Waals surface area contributed by atoms with E-state index in [4.69, 9.17) is 0 Å². The molecule has 0 saturated carbocycles. The molecule has 3 rings (SSSR count). The summed E-state index contributed by atoms with van der Waals surface area (Å²) in [5, 5.41) is 0. The van der Waals surface area contributed by atoms with Crippen LogP contribution in [0, 0.1) is 0 Å². The monoisotopic (exact) mass is 434 g/mol. The molecule has 2 aromatic carbocycles. The molecule has 0 heterocycles. The zero-order valence-corrected chi connectivity index (χ0v) is 16.1. The minimum absolute atomic E-state index is 0.0928. The molecule has 0 unspecified atom stereocenters. The number of anilines is 1. The molecule has 6 nitrogen and oxygen atoms in total. The van der Waals surface area contributed by atoms with Crippen molar-refractivity contribution in [1.29, 1.82) is 0 Å². The van der Waals surface area contributed by atoms with E-state index in [1.807, 2.05) is 0 Å². The third kappa shape index (κ3) is 4.83. The van der Waals surface area contributed by atoms with Gasteiger partial charge in [-0.2, -0.15) is 13.2 Å². The molecule has 0 bridgehead atoms. The van der Waals surface area contributed by atoms with E-state index >= 15 is 0 Å². The summed E-state index contributed by atoms with van der Waals surface area (Å²) in [5.74, 6) is 0. The molecule has 1 aliphatic carbocycles. The fourth-order valence-electron chi connectivity index (χ4n) is 2.89. The summed E-state index contributed by atoms with van der Waals surface area (Å²) in [7, 11) is -8.24. The predicted molar refractivity (Wildman–Crippen MR) is 97.0 cm³/mol. The summed E-state index contributed by atoms with van der Waals surface area (Å²) >= 11 is 0. The Morgan fingerprint density at radius 1 is 0.821 bits per heavy atom. The fourth-order valence-corrected chi connectivity index (χ4v) is 5.02. The topological polar surface area (TPSA) is 92.3 Å². The molecular formula is C17H17F3N2O4S2. The Labute approximate surface area is 160 Å². The van der Waals surface area contributed by atoms with E-state index in [-0.39, 0.29) is 10.6 Å². The van der Waals surface area contributed by atoms with E-state index in [0.717, 1.165) is 42.5 Å². The highest BCUT2D eigenvalue weighted by molar-refractivity contribution is 7.92. The molecule has 0 aromatic heterocycles. The standard InChI is InChI=1S/C17H17F3N2O4S2/c18-17(19,20)11-21-27(23,24)15-8-5-14(6-9-15)22-28(25,26)16-7-4-12-2-1-3-13(12)10-16/h4-10,21-22H,1-3,11H2.